The molecule has 1 aromatic heterocycles. The maximum Gasteiger partial charge on any atom is 0.234 e. The van der Waals surface area contributed by atoms with Crippen LogP contribution in [0.5, 0.6) is 5.75 Å². The first-order valence-electron chi connectivity index (χ1n) is 9.89. The van der Waals surface area contributed by atoms with Crippen LogP contribution in [-0.2, 0) is 4.79 Å². The highest BCUT2D eigenvalue weighted by Gasteiger charge is 2.18. The Morgan fingerprint density at radius 3 is 2.59 bits per heavy atom. The van der Waals surface area contributed by atoms with Gasteiger partial charge in [-0.3, -0.25) is 9.36 Å². The first kappa shape index (κ1) is 21.9. The molecule has 0 radical (unpaired) electrons. The zero-order chi connectivity index (χ0) is 22.5. The smallest absolute Gasteiger partial charge is 0.234 e. The molecule has 0 saturated carbocycles. The summed E-state index contributed by atoms with van der Waals surface area (Å²) in [5.74, 6) is 1.31. The molecule has 4 aromatic rings. The average Bonchev–Trinajstić information content (AvgIpc) is 3.22. The Morgan fingerprint density at radius 1 is 1.06 bits per heavy atom. The topological polar surface area (TPSA) is 69.0 Å². The average molecular weight is 465 g/mol. The van der Waals surface area contributed by atoms with Gasteiger partial charge in [-0.2, -0.15) is 0 Å². The highest BCUT2D eigenvalue weighted by atomic mass is 35.5. The molecule has 0 spiro atoms. The molecule has 1 N–H and O–H groups in total. The van der Waals surface area contributed by atoms with Gasteiger partial charge in [0.2, 0.25) is 5.91 Å². The largest absolute Gasteiger partial charge is 0.495 e. The van der Waals surface area contributed by atoms with E-state index in [0.717, 1.165) is 16.8 Å². The monoisotopic (exact) mass is 464 g/mol. The van der Waals surface area contributed by atoms with Crippen molar-refractivity contribution in [3.63, 3.8) is 0 Å². The minimum Gasteiger partial charge on any atom is -0.495 e. The quantitative estimate of drug-likeness (QED) is 0.359. The first-order valence-corrected chi connectivity index (χ1v) is 11.3. The van der Waals surface area contributed by atoms with Gasteiger partial charge in [-0.25, -0.2) is 0 Å². The normalized spacial score (nSPS) is 10.7. The molecular weight excluding hydrogens is 444 g/mol. The number of hydrogen-bond acceptors (Lipinski definition) is 5. The molecule has 0 fully saturated rings. The van der Waals surface area contributed by atoms with Gasteiger partial charge in [-0.1, -0.05) is 59.3 Å². The molecular formula is C24H21ClN4O2S. The zero-order valence-electron chi connectivity index (χ0n) is 17.6. The number of methoxy groups -OCH3 is 1. The zero-order valence-corrected chi connectivity index (χ0v) is 19.2. The Bertz CT molecular complexity index is 1240. The fourth-order valence-electron chi connectivity index (χ4n) is 3.22. The SMILES string of the molecule is COc1ccccc1NC(=O)CSc1nnc(-c2cccc(C)c2)n1-c1ccc(Cl)cc1. The third-order valence-electron chi connectivity index (χ3n) is 4.71. The molecule has 0 aliphatic rings. The molecule has 0 bridgehead atoms. The maximum atomic E-state index is 12.6. The van der Waals surface area contributed by atoms with Crippen LogP contribution in [0.4, 0.5) is 5.69 Å². The van der Waals surface area contributed by atoms with Crippen molar-refractivity contribution in [2.75, 3.05) is 18.2 Å². The van der Waals surface area contributed by atoms with Gasteiger partial charge in [0.15, 0.2) is 11.0 Å². The molecule has 3 aromatic carbocycles. The van der Waals surface area contributed by atoms with E-state index in [1.54, 1.807) is 19.2 Å². The van der Waals surface area contributed by atoms with Gasteiger partial charge >= 0.3 is 0 Å². The van der Waals surface area contributed by atoms with Crippen molar-refractivity contribution in [1.82, 2.24) is 14.8 Å². The molecule has 1 amide bonds. The van der Waals surface area contributed by atoms with Gasteiger partial charge in [0.1, 0.15) is 5.75 Å². The van der Waals surface area contributed by atoms with Crippen molar-refractivity contribution in [1.29, 1.82) is 0 Å². The second-order valence-corrected chi connectivity index (χ2v) is 8.40. The van der Waals surface area contributed by atoms with Gasteiger partial charge in [0.05, 0.1) is 18.6 Å². The molecule has 0 saturated heterocycles. The summed E-state index contributed by atoms with van der Waals surface area (Å²) in [7, 11) is 1.57. The van der Waals surface area contributed by atoms with Crippen LogP contribution in [0.1, 0.15) is 5.56 Å². The van der Waals surface area contributed by atoms with E-state index in [0.29, 0.717) is 27.4 Å². The van der Waals surface area contributed by atoms with Crippen molar-refractivity contribution in [3.8, 4) is 22.8 Å². The third kappa shape index (κ3) is 4.95. The van der Waals surface area contributed by atoms with E-state index < -0.39 is 0 Å². The number of para-hydroxylation sites is 2. The maximum absolute atomic E-state index is 12.6. The number of aryl methyl sites for hydroxylation is 1. The lowest BCUT2D eigenvalue weighted by Crippen LogP contribution is -2.15. The van der Waals surface area contributed by atoms with Crippen LogP contribution in [0.3, 0.4) is 0 Å². The Kier molecular flexibility index (Phi) is 6.78. The number of carbonyl (C=O) groups is 1. The molecule has 8 heteroatoms. The minimum absolute atomic E-state index is 0.164. The molecule has 0 aliphatic heterocycles. The van der Waals surface area contributed by atoms with Crippen LogP contribution in [0, 0.1) is 6.92 Å². The Balaban J connectivity index is 1.61. The second kappa shape index (κ2) is 9.89. The van der Waals surface area contributed by atoms with E-state index >= 15 is 0 Å². The standard InChI is InChI=1S/C24H21ClN4O2S/c1-16-6-5-7-17(14-16)23-27-28-24(29(23)19-12-10-18(25)11-13-19)32-15-22(30)26-20-8-3-4-9-21(20)31-2/h3-14H,15H2,1-2H3,(H,26,30). The summed E-state index contributed by atoms with van der Waals surface area (Å²) in [5.41, 5.74) is 3.56. The Labute approximate surface area is 195 Å². The molecule has 0 aliphatic carbocycles. The van der Waals surface area contributed by atoms with Crippen molar-refractivity contribution in [2.45, 2.75) is 12.1 Å². The fourth-order valence-corrected chi connectivity index (χ4v) is 4.10. The van der Waals surface area contributed by atoms with Crippen LogP contribution in [0.15, 0.2) is 78.0 Å². The Hall–Kier alpha value is -3.29. The fraction of sp³-hybridized carbons (Fsp3) is 0.125. The van der Waals surface area contributed by atoms with E-state index in [-0.39, 0.29) is 11.7 Å². The summed E-state index contributed by atoms with van der Waals surface area (Å²) in [6.07, 6.45) is 0. The van der Waals surface area contributed by atoms with Crippen molar-refractivity contribution in [3.05, 3.63) is 83.4 Å². The van der Waals surface area contributed by atoms with E-state index in [9.17, 15) is 4.79 Å². The van der Waals surface area contributed by atoms with Crippen LogP contribution in [0.2, 0.25) is 5.02 Å². The molecule has 0 unspecified atom stereocenters. The number of ether oxygens (including phenoxy) is 1. The van der Waals surface area contributed by atoms with Crippen LogP contribution in [-0.4, -0.2) is 33.5 Å². The summed E-state index contributed by atoms with van der Waals surface area (Å²) in [6, 6.07) is 22.8. The van der Waals surface area contributed by atoms with Crippen molar-refractivity contribution in [2.24, 2.45) is 0 Å². The predicted molar refractivity (Wildman–Crippen MR) is 129 cm³/mol. The van der Waals surface area contributed by atoms with Crippen LogP contribution in [0.25, 0.3) is 17.1 Å². The highest BCUT2D eigenvalue weighted by molar-refractivity contribution is 7.99. The summed E-state index contributed by atoms with van der Waals surface area (Å²) in [6.45, 7) is 2.03. The molecule has 6 nitrogen and oxygen atoms in total. The summed E-state index contributed by atoms with van der Waals surface area (Å²) < 4.78 is 7.24. The van der Waals surface area contributed by atoms with Crippen molar-refractivity contribution >= 4 is 35.0 Å². The van der Waals surface area contributed by atoms with Gasteiger partial charge in [-0.15, -0.1) is 10.2 Å². The van der Waals surface area contributed by atoms with E-state index in [1.165, 1.54) is 11.8 Å². The van der Waals surface area contributed by atoms with E-state index in [1.807, 2.05) is 66.1 Å². The first-order chi connectivity index (χ1) is 15.5. The lowest BCUT2D eigenvalue weighted by molar-refractivity contribution is -0.113. The summed E-state index contributed by atoms with van der Waals surface area (Å²) in [4.78, 5) is 12.6. The lowest BCUT2D eigenvalue weighted by atomic mass is 10.1. The number of nitrogens with zero attached hydrogens (tertiary/aromatic N) is 3. The minimum atomic E-state index is -0.165. The number of amides is 1. The van der Waals surface area contributed by atoms with Gasteiger partial charge in [0.25, 0.3) is 0 Å². The third-order valence-corrected chi connectivity index (χ3v) is 5.89. The van der Waals surface area contributed by atoms with Gasteiger partial charge in [-0.05, 0) is 49.4 Å². The molecule has 162 valence electrons. The van der Waals surface area contributed by atoms with Crippen LogP contribution >= 0.6 is 23.4 Å². The van der Waals surface area contributed by atoms with Crippen LogP contribution < -0.4 is 10.1 Å². The molecule has 32 heavy (non-hydrogen) atoms. The molecule has 0 atom stereocenters. The number of thioether (sulfide) groups is 1. The second-order valence-electron chi connectivity index (χ2n) is 7.02. The van der Waals surface area contributed by atoms with E-state index in [4.69, 9.17) is 16.3 Å². The number of nitrogens with one attached hydrogen (secondary N) is 1. The van der Waals surface area contributed by atoms with Crippen molar-refractivity contribution < 1.29 is 9.53 Å². The number of carbonyl (C=O) groups excluding carboxylic acids is 1. The highest BCUT2D eigenvalue weighted by Crippen LogP contribution is 2.29. The number of halogens is 1. The molecule has 4 rings (SSSR count). The Morgan fingerprint density at radius 2 is 1.84 bits per heavy atom. The lowest BCUT2D eigenvalue weighted by Gasteiger charge is -2.12. The number of anilines is 1. The van der Waals surface area contributed by atoms with E-state index in [2.05, 4.69) is 21.6 Å². The number of hydrogen-bond donors (Lipinski definition) is 1. The number of benzene rings is 3. The van der Waals surface area contributed by atoms with Gasteiger partial charge in [0, 0.05) is 16.3 Å². The number of rotatable bonds is 7. The predicted octanol–water partition coefficient (Wildman–Crippen LogP) is 5.64. The van der Waals surface area contributed by atoms with Gasteiger partial charge < -0.3 is 10.1 Å². The summed E-state index contributed by atoms with van der Waals surface area (Å²) in [5, 5.41) is 12.9. The summed E-state index contributed by atoms with van der Waals surface area (Å²) >= 11 is 7.40. The number of aromatic nitrogens is 3. The molecule has 1 heterocycles.